The number of aryl methyl sites for hydroxylation is 1. The summed E-state index contributed by atoms with van der Waals surface area (Å²) in [6, 6.07) is 2.30. The highest BCUT2D eigenvalue weighted by Crippen LogP contribution is 2.22. The first-order chi connectivity index (χ1) is 17.6. The molecule has 0 radical (unpaired) electrons. The minimum absolute atomic E-state index is 0.443. The molecule has 210 valence electrons. The SMILES string of the molecule is CC(=CCSCC(Nc1ccc(C)cn1)C(=O)NC(N)=O)CCCC(C)CCCC(C)CCCC(C)C. The molecule has 3 atom stereocenters. The van der Waals surface area contributed by atoms with E-state index >= 15 is 0 Å². The van der Waals surface area contributed by atoms with Crippen molar-refractivity contribution in [2.75, 3.05) is 16.8 Å². The summed E-state index contributed by atoms with van der Waals surface area (Å²) >= 11 is 1.65. The van der Waals surface area contributed by atoms with Crippen LogP contribution in [0.25, 0.3) is 0 Å². The third-order valence-corrected chi connectivity index (χ3v) is 7.74. The molecule has 3 amide bonds. The van der Waals surface area contributed by atoms with Gasteiger partial charge in [0.25, 0.3) is 5.91 Å². The summed E-state index contributed by atoms with van der Waals surface area (Å²) in [6.07, 6.45) is 15.8. The third kappa shape index (κ3) is 17.2. The van der Waals surface area contributed by atoms with Gasteiger partial charge in [0.15, 0.2) is 0 Å². The summed E-state index contributed by atoms with van der Waals surface area (Å²) in [5.74, 6) is 3.95. The molecule has 0 bridgehead atoms. The Morgan fingerprint density at radius 2 is 1.62 bits per heavy atom. The Labute approximate surface area is 230 Å². The van der Waals surface area contributed by atoms with Crippen molar-refractivity contribution in [2.24, 2.45) is 23.5 Å². The highest BCUT2D eigenvalue weighted by atomic mass is 32.2. The predicted molar refractivity (Wildman–Crippen MR) is 160 cm³/mol. The average molecular weight is 533 g/mol. The molecule has 1 aromatic heterocycles. The largest absolute Gasteiger partial charge is 0.358 e. The Kier molecular flexibility index (Phi) is 17.0. The number of imide groups is 1. The van der Waals surface area contributed by atoms with E-state index in [2.05, 4.69) is 56.3 Å². The lowest BCUT2D eigenvalue weighted by atomic mass is 9.91. The second-order valence-electron chi connectivity index (χ2n) is 11.2. The molecule has 0 aliphatic heterocycles. The number of rotatable bonds is 19. The van der Waals surface area contributed by atoms with Gasteiger partial charge >= 0.3 is 6.03 Å². The molecule has 0 saturated heterocycles. The number of urea groups is 1. The van der Waals surface area contributed by atoms with Gasteiger partial charge in [-0.3, -0.25) is 10.1 Å². The second kappa shape index (κ2) is 19.1. The van der Waals surface area contributed by atoms with Gasteiger partial charge in [0.2, 0.25) is 0 Å². The highest BCUT2D eigenvalue weighted by Gasteiger charge is 2.20. The lowest BCUT2D eigenvalue weighted by molar-refractivity contribution is -0.120. The molecule has 1 heterocycles. The zero-order valence-electron chi connectivity index (χ0n) is 24.1. The van der Waals surface area contributed by atoms with E-state index in [0.717, 1.165) is 35.5 Å². The van der Waals surface area contributed by atoms with Gasteiger partial charge in [0.05, 0.1) is 0 Å². The molecule has 3 unspecified atom stereocenters. The van der Waals surface area contributed by atoms with Gasteiger partial charge in [0.1, 0.15) is 11.9 Å². The number of thioether (sulfide) groups is 1. The molecule has 6 nitrogen and oxygen atoms in total. The Balaban J connectivity index is 2.30. The van der Waals surface area contributed by atoms with Crippen LogP contribution in [0.3, 0.4) is 0 Å². The monoisotopic (exact) mass is 532 g/mol. The summed E-state index contributed by atoms with van der Waals surface area (Å²) in [6.45, 7) is 13.6. The molecule has 4 N–H and O–H groups in total. The molecule has 1 aromatic rings. The number of nitrogens with two attached hydrogens (primary N) is 1. The number of amides is 3. The summed E-state index contributed by atoms with van der Waals surface area (Å²) < 4.78 is 0. The molecular weight excluding hydrogens is 480 g/mol. The summed E-state index contributed by atoms with van der Waals surface area (Å²) in [7, 11) is 0. The van der Waals surface area contributed by atoms with Gasteiger partial charge in [-0.15, -0.1) is 0 Å². The van der Waals surface area contributed by atoms with Gasteiger partial charge in [0, 0.05) is 17.7 Å². The van der Waals surface area contributed by atoms with Crippen LogP contribution in [0, 0.1) is 24.7 Å². The average Bonchev–Trinajstić information content (AvgIpc) is 2.81. The first-order valence-corrected chi connectivity index (χ1v) is 15.2. The van der Waals surface area contributed by atoms with Crippen molar-refractivity contribution < 1.29 is 9.59 Å². The Morgan fingerprint density at radius 1 is 1.00 bits per heavy atom. The number of aromatic nitrogens is 1. The first kappa shape index (κ1) is 33.0. The van der Waals surface area contributed by atoms with E-state index in [0.29, 0.717) is 11.6 Å². The molecule has 0 aliphatic rings. The zero-order chi connectivity index (χ0) is 27.6. The van der Waals surface area contributed by atoms with Crippen molar-refractivity contribution in [1.29, 1.82) is 0 Å². The van der Waals surface area contributed by atoms with Crippen LogP contribution in [0.2, 0.25) is 0 Å². The Hall–Kier alpha value is -2.02. The van der Waals surface area contributed by atoms with Crippen LogP contribution in [0.15, 0.2) is 30.0 Å². The predicted octanol–water partition coefficient (Wildman–Crippen LogP) is 7.48. The van der Waals surface area contributed by atoms with E-state index in [1.807, 2.05) is 19.1 Å². The normalized spacial score (nSPS) is 14.3. The van der Waals surface area contributed by atoms with E-state index in [-0.39, 0.29) is 0 Å². The first-order valence-electron chi connectivity index (χ1n) is 14.1. The molecule has 0 spiro atoms. The van der Waals surface area contributed by atoms with Gasteiger partial charge < -0.3 is 11.1 Å². The molecule has 7 heteroatoms. The topological polar surface area (TPSA) is 97.1 Å². The van der Waals surface area contributed by atoms with Crippen molar-refractivity contribution in [3.63, 3.8) is 0 Å². The number of nitrogens with zero attached hydrogens (tertiary/aromatic N) is 1. The van der Waals surface area contributed by atoms with Gasteiger partial charge in [-0.25, -0.2) is 9.78 Å². The number of hydrogen-bond acceptors (Lipinski definition) is 5. The maximum atomic E-state index is 12.4. The molecule has 0 aliphatic carbocycles. The Morgan fingerprint density at radius 3 is 2.19 bits per heavy atom. The van der Waals surface area contributed by atoms with E-state index in [4.69, 9.17) is 5.73 Å². The lowest BCUT2D eigenvalue weighted by Gasteiger charge is -2.17. The molecule has 0 fully saturated rings. The van der Waals surface area contributed by atoms with E-state index in [1.165, 1.54) is 56.9 Å². The van der Waals surface area contributed by atoms with E-state index < -0.39 is 18.0 Å². The smallest absolute Gasteiger partial charge is 0.318 e. The summed E-state index contributed by atoms with van der Waals surface area (Å²) in [5, 5.41) is 5.29. The fourth-order valence-electron chi connectivity index (χ4n) is 4.32. The highest BCUT2D eigenvalue weighted by molar-refractivity contribution is 7.99. The standard InChI is InChI=1S/C30H52N4O2S/c1-22(2)10-7-11-23(3)12-8-13-24(4)14-9-15-25(5)18-19-37-21-27(29(35)34-30(31)36)33-28-17-16-26(6)20-32-28/h16-18,20,22-24,27H,7-15,19,21H2,1-6H3,(H,32,33)(H3,31,34,35,36). The van der Waals surface area contributed by atoms with Crippen LogP contribution in [0.1, 0.15) is 98.0 Å². The van der Waals surface area contributed by atoms with E-state index in [1.54, 1.807) is 18.0 Å². The van der Waals surface area contributed by atoms with Crippen molar-refractivity contribution in [1.82, 2.24) is 10.3 Å². The number of hydrogen-bond donors (Lipinski definition) is 3. The maximum absolute atomic E-state index is 12.4. The van der Waals surface area contributed by atoms with Crippen molar-refractivity contribution >= 4 is 29.5 Å². The van der Waals surface area contributed by atoms with Crippen LogP contribution in [0.5, 0.6) is 0 Å². The minimum Gasteiger partial charge on any atom is -0.358 e. The number of anilines is 1. The van der Waals surface area contributed by atoms with Crippen LogP contribution in [-0.4, -0.2) is 34.5 Å². The lowest BCUT2D eigenvalue weighted by Crippen LogP contribution is -2.46. The molecule has 0 aromatic carbocycles. The van der Waals surface area contributed by atoms with Crippen molar-refractivity contribution in [2.45, 2.75) is 105 Å². The molecular formula is C30H52N4O2S. The third-order valence-electron chi connectivity index (χ3n) is 6.77. The number of nitrogens with one attached hydrogen (secondary N) is 2. The quantitative estimate of drug-likeness (QED) is 0.127. The van der Waals surface area contributed by atoms with Crippen LogP contribution < -0.4 is 16.4 Å². The summed E-state index contributed by atoms with van der Waals surface area (Å²) in [5.41, 5.74) is 7.57. The molecule has 0 saturated carbocycles. The number of carbonyl (C=O) groups excluding carboxylic acids is 2. The Bertz CT molecular complexity index is 810. The maximum Gasteiger partial charge on any atom is 0.318 e. The fourth-order valence-corrected chi connectivity index (χ4v) is 5.33. The minimum atomic E-state index is -0.847. The molecule has 1 rings (SSSR count). The summed E-state index contributed by atoms with van der Waals surface area (Å²) in [4.78, 5) is 27.9. The van der Waals surface area contributed by atoms with Crippen LogP contribution in [-0.2, 0) is 4.79 Å². The molecule has 37 heavy (non-hydrogen) atoms. The van der Waals surface area contributed by atoms with Gasteiger partial charge in [-0.1, -0.05) is 90.4 Å². The van der Waals surface area contributed by atoms with Crippen molar-refractivity contribution in [3.05, 3.63) is 35.5 Å². The van der Waals surface area contributed by atoms with Crippen LogP contribution in [0.4, 0.5) is 10.6 Å². The number of allylic oxidation sites excluding steroid dienone is 1. The second-order valence-corrected chi connectivity index (χ2v) is 12.3. The van der Waals surface area contributed by atoms with Gasteiger partial charge in [-0.05, 0) is 56.1 Å². The number of carbonyl (C=O) groups is 2. The fraction of sp³-hybridized carbons (Fsp3) is 0.700. The van der Waals surface area contributed by atoms with Crippen molar-refractivity contribution in [3.8, 4) is 0 Å². The number of primary amides is 1. The van der Waals surface area contributed by atoms with Crippen LogP contribution >= 0.6 is 11.8 Å². The zero-order valence-corrected chi connectivity index (χ0v) is 25.0. The number of pyridine rings is 1. The van der Waals surface area contributed by atoms with E-state index in [9.17, 15) is 9.59 Å². The van der Waals surface area contributed by atoms with Gasteiger partial charge in [-0.2, -0.15) is 11.8 Å².